The molecule has 2 saturated heterocycles. The number of nitrogens with zero attached hydrogens (tertiary/aromatic N) is 4. The van der Waals surface area contributed by atoms with Crippen molar-refractivity contribution < 1.29 is 27.3 Å². The van der Waals surface area contributed by atoms with Crippen LogP contribution in [0, 0.1) is 28.4 Å². The average Bonchev–Trinajstić information content (AvgIpc) is 3.58. The Labute approximate surface area is 210 Å². The summed E-state index contributed by atoms with van der Waals surface area (Å²) in [5.74, 6) is -2.79. The van der Waals surface area contributed by atoms with Crippen molar-refractivity contribution in [3.05, 3.63) is 51.6 Å². The van der Waals surface area contributed by atoms with E-state index in [0.717, 1.165) is 5.56 Å². The highest BCUT2D eigenvalue weighted by atomic mass is 19.3. The van der Waals surface area contributed by atoms with Crippen LogP contribution in [-0.4, -0.2) is 54.3 Å². The highest BCUT2D eigenvalue weighted by Gasteiger charge is 2.62. The molecule has 0 bridgehead atoms. The number of pyridine rings is 1. The van der Waals surface area contributed by atoms with Gasteiger partial charge in [0.15, 0.2) is 0 Å². The molecule has 0 spiro atoms. The number of nitro benzene ring substituents is 1. The minimum Gasteiger partial charge on any atom is -0.370 e. The lowest BCUT2D eigenvalue weighted by atomic mass is 9.95. The van der Waals surface area contributed by atoms with E-state index in [1.54, 1.807) is 28.9 Å². The number of non-ortho nitro benzene ring substituents is 1. The van der Waals surface area contributed by atoms with Gasteiger partial charge in [-0.3, -0.25) is 14.9 Å². The molecule has 2 atom stereocenters. The molecule has 37 heavy (non-hydrogen) atoms. The molecule has 2 aliphatic heterocycles. The summed E-state index contributed by atoms with van der Waals surface area (Å²) in [5.41, 5.74) is 0.0615. The molecule has 3 aliphatic rings. The van der Waals surface area contributed by atoms with Gasteiger partial charge in [0, 0.05) is 56.6 Å². The summed E-state index contributed by atoms with van der Waals surface area (Å²) in [4.78, 5) is 32.1. The third-order valence-electron chi connectivity index (χ3n) is 7.80. The maximum Gasteiger partial charge on any atom is 0.271 e. The van der Waals surface area contributed by atoms with Crippen LogP contribution in [0.1, 0.15) is 41.6 Å². The number of alkyl halides is 4. The Bertz CT molecular complexity index is 1230. The van der Waals surface area contributed by atoms with Crippen molar-refractivity contribution in [2.75, 3.05) is 41.3 Å². The molecule has 0 radical (unpaired) electrons. The first-order chi connectivity index (χ1) is 17.5. The van der Waals surface area contributed by atoms with Gasteiger partial charge in [-0.15, -0.1) is 0 Å². The Morgan fingerprint density at radius 3 is 2.49 bits per heavy atom. The summed E-state index contributed by atoms with van der Waals surface area (Å²) >= 11 is 0. The number of anilines is 3. The van der Waals surface area contributed by atoms with E-state index in [4.69, 9.17) is 0 Å². The topological polar surface area (TPSA) is 91.6 Å². The smallest absolute Gasteiger partial charge is 0.271 e. The van der Waals surface area contributed by atoms with Gasteiger partial charge in [0.2, 0.25) is 6.43 Å². The van der Waals surface area contributed by atoms with Crippen molar-refractivity contribution in [1.29, 1.82) is 0 Å². The minimum atomic E-state index is -2.70. The Hall–Kier alpha value is -3.44. The van der Waals surface area contributed by atoms with Gasteiger partial charge in [-0.1, -0.05) is 0 Å². The maximum atomic E-state index is 13.6. The number of nitro groups is 1. The summed E-state index contributed by atoms with van der Waals surface area (Å²) in [7, 11) is 0. The first-order valence-corrected chi connectivity index (χ1v) is 12.2. The van der Waals surface area contributed by atoms with Gasteiger partial charge >= 0.3 is 0 Å². The molecule has 1 aliphatic carbocycles. The molecule has 5 rings (SSSR count). The molecule has 1 aromatic carbocycles. The van der Waals surface area contributed by atoms with Crippen LogP contribution in [0.15, 0.2) is 30.3 Å². The SMILES string of the molecule is Cc1cc(NC(=O)c2ccc([N+](=O)[O-])cc2N2CC[C@@]3(C(F)F)C[C@H]3C2)nc(N2CCC(F)(F)CC2)c1. The third kappa shape index (κ3) is 4.93. The molecule has 3 fully saturated rings. The van der Waals surface area contributed by atoms with Crippen molar-refractivity contribution in [3.63, 3.8) is 0 Å². The molecule has 2 aromatic rings. The number of fused-ring (bicyclic) bond motifs is 1. The fourth-order valence-electron chi connectivity index (χ4n) is 5.46. The maximum absolute atomic E-state index is 13.6. The highest BCUT2D eigenvalue weighted by molar-refractivity contribution is 6.08. The molecule has 12 heteroatoms. The number of hydrogen-bond acceptors (Lipinski definition) is 6. The molecular weight excluding hydrogens is 494 g/mol. The molecule has 1 saturated carbocycles. The number of hydrogen-bond donors (Lipinski definition) is 1. The fourth-order valence-corrected chi connectivity index (χ4v) is 5.46. The first kappa shape index (κ1) is 25.2. The minimum absolute atomic E-state index is 0.138. The molecule has 1 N–H and O–H groups in total. The van der Waals surface area contributed by atoms with E-state index < -0.39 is 28.6 Å². The molecular formula is C25H27F4N5O3. The number of carbonyl (C=O) groups excluding carboxylic acids is 1. The van der Waals surface area contributed by atoms with Crippen molar-refractivity contribution in [1.82, 2.24) is 4.98 Å². The third-order valence-corrected chi connectivity index (χ3v) is 7.80. The number of piperidine rings is 2. The second-order valence-electron chi connectivity index (χ2n) is 10.3. The van der Waals surface area contributed by atoms with Crippen LogP contribution in [0.2, 0.25) is 0 Å². The van der Waals surface area contributed by atoms with Gasteiger partial charge in [0.1, 0.15) is 11.6 Å². The van der Waals surface area contributed by atoms with Crippen LogP contribution in [0.25, 0.3) is 0 Å². The summed E-state index contributed by atoms with van der Waals surface area (Å²) in [6.07, 6.45) is -2.33. The second-order valence-corrected chi connectivity index (χ2v) is 10.3. The van der Waals surface area contributed by atoms with Crippen LogP contribution in [-0.2, 0) is 0 Å². The average molecular weight is 522 g/mol. The Morgan fingerprint density at radius 2 is 1.84 bits per heavy atom. The number of nitrogens with one attached hydrogen (secondary N) is 1. The fraction of sp³-hybridized carbons (Fsp3) is 0.520. The van der Waals surface area contributed by atoms with Gasteiger partial charge in [-0.2, -0.15) is 0 Å². The standard InChI is InChI=1S/C25H27F4N5O3/c1-15-10-20(30-21(11-15)32-8-5-25(28,29)6-9-32)31-22(35)18-3-2-17(34(36)37)12-19(18)33-7-4-24(23(26)27)13-16(24)14-33/h2-3,10-12,16,23H,4-9,13-14H2,1H3,(H,30,31,35)/t16-,24+/m0/s1. The van der Waals surface area contributed by atoms with Crippen molar-refractivity contribution in [2.24, 2.45) is 11.3 Å². The Morgan fingerprint density at radius 1 is 1.14 bits per heavy atom. The number of aryl methyl sites for hydroxylation is 1. The lowest BCUT2D eigenvalue weighted by Crippen LogP contribution is -2.39. The van der Waals surface area contributed by atoms with E-state index >= 15 is 0 Å². The van der Waals surface area contributed by atoms with Crippen LogP contribution in [0.4, 0.5) is 40.6 Å². The van der Waals surface area contributed by atoms with E-state index in [1.165, 1.54) is 18.2 Å². The number of amides is 1. The molecule has 1 amide bonds. The molecule has 198 valence electrons. The zero-order valence-corrected chi connectivity index (χ0v) is 20.2. The number of carbonyl (C=O) groups is 1. The van der Waals surface area contributed by atoms with Gasteiger partial charge in [-0.05, 0) is 49.4 Å². The highest BCUT2D eigenvalue weighted by Crippen LogP contribution is 2.61. The van der Waals surface area contributed by atoms with E-state index in [2.05, 4.69) is 10.3 Å². The zero-order valence-electron chi connectivity index (χ0n) is 20.2. The largest absolute Gasteiger partial charge is 0.370 e. The first-order valence-electron chi connectivity index (χ1n) is 12.2. The van der Waals surface area contributed by atoms with Gasteiger partial charge < -0.3 is 15.1 Å². The predicted octanol–water partition coefficient (Wildman–Crippen LogP) is 5.27. The molecule has 3 heterocycles. The van der Waals surface area contributed by atoms with Gasteiger partial charge in [0.25, 0.3) is 17.5 Å². The Kier molecular flexibility index (Phi) is 6.23. The lowest BCUT2D eigenvalue weighted by molar-refractivity contribution is -0.384. The van der Waals surface area contributed by atoms with E-state index in [9.17, 15) is 32.5 Å². The van der Waals surface area contributed by atoms with Crippen LogP contribution in [0.3, 0.4) is 0 Å². The molecule has 1 aromatic heterocycles. The quantitative estimate of drug-likeness (QED) is 0.317. The summed E-state index contributed by atoms with van der Waals surface area (Å²) in [5, 5.41) is 14.1. The van der Waals surface area contributed by atoms with E-state index in [0.29, 0.717) is 17.9 Å². The number of halogens is 4. The summed E-state index contributed by atoms with van der Waals surface area (Å²) < 4.78 is 54.2. The number of rotatable bonds is 6. The number of aromatic nitrogens is 1. The van der Waals surface area contributed by atoms with E-state index in [-0.39, 0.29) is 68.4 Å². The van der Waals surface area contributed by atoms with Crippen LogP contribution >= 0.6 is 0 Å². The predicted molar refractivity (Wildman–Crippen MR) is 130 cm³/mol. The molecule has 8 nitrogen and oxygen atoms in total. The second kappa shape index (κ2) is 9.14. The Balaban J connectivity index is 1.38. The van der Waals surface area contributed by atoms with Crippen LogP contribution < -0.4 is 15.1 Å². The molecule has 0 unspecified atom stereocenters. The summed E-state index contributed by atoms with van der Waals surface area (Å²) in [6.45, 7) is 2.63. The number of benzene rings is 1. The van der Waals surface area contributed by atoms with E-state index in [1.807, 2.05) is 0 Å². The normalized spacial score (nSPS) is 24.5. The van der Waals surface area contributed by atoms with Gasteiger partial charge in [0.05, 0.1) is 16.2 Å². The van der Waals surface area contributed by atoms with Crippen molar-refractivity contribution >= 4 is 28.9 Å². The monoisotopic (exact) mass is 521 g/mol. The van der Waals surface area contributed by atoms with Crippen LogP contribution in [0.5, 0.6) is 0 Å². The summed E-state index contributed by atoms with van der Waals surface area (Å²) in [6, 6.07) is 7.29. The van der Waals surface area contributed by atoms with Gasteiger partial charge in [-0.25, -0.2) is 22.5 Å². The van der Waals surface area contributed by atoms with Crippen molar-refractivity contribution in [2.45, 2.75) is 45.0 Å². The lowest BCUT2D eigenvalue weighted by Gasteiger charge is -2.34. The van der Waals surface area contributed by atoms with Crippen molar-refractivity contribution in [3.8, 4) is 0 Å². The zero-order chi connectivity index (χ0) is 26.5.